The Morgan fingerprint density at radius 1 is 1.38 bits per heavy atom. The molecule has 1 N–H and O–H groups in total. The molecule has 1 aromatic carbocycles. The highest BCUT2D eigenvalue weighted by molar-refractivity contribution is 7.85. The van der Waals surface area contributed by atoms with Gasteiger partial charge in [-0.25, -0.2) is 4.79 Å². The molecule has 1 saturated heterocycles. The number of hydrogen-bond donors (Lipinski definition) is 1. The number of aliphatic hydroxyl groups excluding tert-OH is 1. The molecular formula is C21H30ClNO5S. The van der Waals surface area contributed by atoms with Gasteiger partial charge in [0.2, 0.25) is 0 Å². The predicted molar refractivity (Wildman–Crippen MR) is 114 cm³/mol. The van der Waals surface area contributed by atoms with Crippen molar-refractivity contribution in [3.8, 4) is 0 Å². The van der Waals surface area contributed by atoms with E-state index in [-0.39, 0.29) is 17.8 Å². The van der Waals surface area contributed by atoms with Gasteiger partial charge in [-0.3, -0.25) is 9.11 Å². The van der Waals surface area contributed by atoms with Gasteiger partial charge >= 0.3 is 6.09 Å². The minimum absolute atomic E-state index is 0.0357. The Morgan fingerprint density at radius 2 is 2.10 bits per heavy atom. The number of carbonyl (C=O) groups excluding carboxylic acids is 1. The topological polar surface area (TPSA) is 76.1 Å². The number of benzene rings is 1. The van der Waals surface area contributed by atoms with Crippen molar-refractivity contribution in [1.29, 1.82) is 0 Å². The molecule has 1 amide bonds. The van der Waals surface area contributed by atoms with Crippen molar-refractivity contribution in [2.75, 3.05) is 38.4 Å². The molecular weight excluding hydrogens is 414 g/mol. The summed E-state index contributed by atoms with van der Waals surface area (Å²) in [5.41, 5.74) is -0.231. The zero-order chi connectivity index (χ0) is 21.1. The molecule has 1 saturated carbocycles. The number of halogens is 1. The van der Waals surface area contributed by atoms with E-state index in [4.69, 9.17) is 21.1 Å². The number of amides is 1. The van der Waals surface area contributed by atoms with Crippen molar-refractivity contribution >= 4 is 28.5 Å². The van der Waals surface area contributed by atoms with Crippen LogP contribution in [0.4, 0.5) is 4.79 Å². The first kappa shape index (κ1) is 22.5. The quantitative estimate of drug-likeness (QED) is 0.699. The van der Waals surface area contributed by atoms with Crippen LogP contribution in [0, 0.1) is 5.41 Å². The first-order chi connectivity index (χ1) is 13.8. The first-order valence-electron chi connectivity index (χ1n) is 10.0. The van der Waals surface area contributed by atoms with Gasteiger partial charge in [-0.15, -0.1) is 0 Å². The summed E-state index contributed by atoms with van der Waals surface area (Å²) in [6.07, 6.45) is 1.70. The largest absolute Gasteiger partial charge is 0.448 e. The van der Waals surface area contributed by atoms with Crippen molar-refractivity contribution in [2.45, 2.75) is 44.2 Å². The Balaban J connectivity index is 1.66. The van der Waals surface area contributed by atoms with Crippen LogP contribution in [0.2, 0.25) is 5.02 Å². The second kappa shape index (κ2) is 9.33. The molecule has 0 spiro atoms. The maximum Gasteiger partial charge on any atom is 0.410 e. The van der Waals surface area contributed by atoms with E-state index >= 15 is 0 Å². The molecule has 2 unspecified atom stereocenters. The van der Waals surface area contributed by atoms with Crippen LogP contribution in [-0.2, 0) is 25.8 Å². The van der Waals surface area contributed by atoms with E-state index in [0.29, 0.717) is 36.8 Å². The van der Waals surface area contributed by atoms with Gasteiger partial charge in [-0.05, 0) is 24.5 Å². The molecule has 162 valence electrons. The Hall–Kier alpha value is -1.15. The highest BCUT2D eigenvalue weighted by atomic mass is 35.5. The van der Waals surface area contributed by atoms with Crippen LogP contribution in [0.5, 0.6) is 0 Å². The van der Waals surface area contributed by atoms with Gasteiger partial charge in [0, 0.05) is 34.0 Å². The monoisotopic (exact) mass is 443 g/mol. The third-order valence-corrected chi connectivity index (χ3v) is 7.97. The summed E-state index contributed by atoms with van der Waals surface area (Å²) in [6.45, 7) is 3.37. The Bertz CT molecular complexity index is 756. The highest BCUT2D eigenvalue weighted by Gasteiger charge is 2.48. The second-order valence-electron chi connectivity index (χ2n) is 8.43. The van der Waals surface area contributed by atoms with E-state index in [1.165, 1.54) is 4.90 Å². The van der Waals surface area contributed by atoms with Crippen LogP contribution >= 0.6 is 11.6 Å². The van der Waals surface area contributed by atoms with E-state index in [2.05, 4.69) is 0 Å². The zero-order valence-corrected chi connectivity index (χ0v) is 18.6. The lowest BCUT2D eigenvalue weighted by atomic mass is 9.73. The minimum atomic E-state index is -1.08. The lowest BCUT2D eigenvalue weighted by molar-refractivity contribution is -0.0866. The molecule has 6 nitrogen and oxygen atoms in total. The SMILES string of the molecule is CN(C(=O)OCCS(=O)CC1(C)COC1)[C@]1(c2ccccc2Cl)CCCCC1O. The van der Waals surface area contributed by atoms with E-state index in [1.807, 2.05) is 25.1 Å². The predicted octanol–water partition coefficient (Wildman–Crippen LogP) is 3.32. The van der Waals surface area contributed by atoms with Gasteiger partial charge in [0.25, 0.3) is 0 Å². The van der Waals surface area contributed by atoms with E-state index in [1.54, 1.807) is 13.1 Å². The van der Waals surface area contributed by atoms with Gasteiger partial charge in [-0.1, -0.05) is 49.6 Å². The maximum atomic E-state index is 12.8. The van der Waals surface area contributed by atoms with Crippen molar-refractivity contribution < 1.29 is 23.6 Å². The first-order valence-corrected chi connectivity index (χ1v) is 11.9. The van der Waals surface area contributed by atoms with Gasteiger partial charge < -0.3 is 14.6 Å². The summed E-state index contributed by atoms with van der Waals surface area (Å²) in [4.78, 5) is 14.3. The molecule has 1 aliphatic carbocycles. The summed E-state index contributed by atoms with van der Waals surface area (Å²) >= 11 is 6.45. The molecule has 2 aliphatic rings. The maximum absolute atomic E-state index is 12.8. The van der Waals surface area contributed by atoms with E-state index < -0.39 is 28.5 Å². The molecule has 0 radical (unpaired) electrons. The fourth-order valence-corrected chi connectivity index (χ4v) is 5.97. The molecule has 0 aromatic heterocycles. The average molecular weight is 444 g/mol. The lowest BCUT2D eigenvalue weighted by Crippen LogP contribution is -2.56. The van der Waals surface area contributed by atoms with Crippen LogP contribution in [0.3, 0.4) is 0 Å². The molecule has 29 heavy (non-hydrogen) atoms. The molecule has 0 bridgehead atoms. The van der Waals surface area contributed by atoms with Gasteiger partial charge in [-0.2, -0.15) is 0 Å². The average Bonchev–Trinajstić information content (AvgIpc) is 2.67. The van der Waals surface area contributed by atoms with E-state index in [0.717, 1.165) is 18.4 Å². The molecule has 8 heteroatoms. The Labute approximate surface area is 180 Å². The summed E-state index contributed by atoms with van der Waals surface area (Å²) in [5, 5.41) is 11.4. The summed E-state index contributed by atoms with van der Waals surface area (Å²) in [5.74, 6) is 0.833. The summed E-state index contributed by atoms with van der Waals surface area (Å²) in [6, 6.07) is 7.32. The third-order valence-electron chi connectivity index (χ3n) is 6.00. The molecule has 1 aliphatic heterocycles. The fourth-order valence-electron chi connectivity index (χ4n) is 4.31. The molecule has 1 aromatic rings. The van der Waals surface area contributed by atoms with Gasteiger partial charge in [0.15, 0.2) is 0 Å². The number of nitrogens with zero attached hydrogens (tertiary/aromatic N) is 1. The van der Waals surface area contributed by atoms with Crippen molar-refractivity contribution in [3.63, 3.8) is 0 Å². The number of ether oxygens (including phenoxy) is 2. The van der Waals surface area contributed by atoms with Crippen LogP contribution in [0.1, 0.15) is 38.2 Å². The standard InChI is InChI=1S/C21H30ClNO5S/c1-20(13-27-14-20)15-29(26)12-11-28-19(25)23(2)21(10-6-5-9-18(21)24)16-7-3-4-8-17(16)22/h3-4,7-8,18,24H,5-6,9-15H2,1-2H3/t18?,21-,29?/m0/s1. The number of rotatable bonds is 7. The normalized spacial score (nSPS) is 27.0. The van der Waals surface area contributed by atoms with Crippen LogP contribution in [0.15, 0.2) is 24.3 Å². The molecule has 3 atom stereocenters. The number of likely N-dealkylation sites (N-methyl/N-ethyl adjacent to an activating group) is 1. The Morgan fingerprint density at radius 3 is 2.72 bits per heavy atom. The molecule has 2 fully saturated rings. The van der Waals surface area contributed by atoms with Gasteiger partial charge in [0.05, 0.1) is 30.6 Å². The van der Waals surface area contributed by atoms with E-state index in [9.17, 15) is 14.1 Å². The third kappa shape index (κ3) is 4.79. The smallest absolute Gasteiger partial charge is 0.410 e. The summed E-state index contributed by atoms with van der Waals surface area (Å²) < 4.78 is 22.9. The lowest BCUT2D eigenvalue weighted by Gasteiger charge is -2.47. The fraction of sp³-hybridized carbons (Fsp3) is 0.667. The molecule has 3 rings (SSSR count). The van der Waals surface area contributed by atoms with Crippen molar-refractivity contribution in [1.82, 2.24) is 4.90 Å². The number of carbonyl (C=O) groups is 1. The van der Waals surface area contributed by atoms with Crippen LogP contribution in [-0.4, -0.2) is 64.8 Å². The Kier molecular flexibility index (Phi) is 7.25. The van der Waals surface area contributed by atoms with Crippen molar-refractivity contribution in [3.05, 3.63) is 34.9 Å². The summed E-state index contributed by atoms with van der Waals surface area (Å²) in [7, 11) is 0.567. The van der Waals surface area contributed by atoms with Crippen LogP contribution < -0.4 is 0 Å². The number of aliphatic hydroxyl groups is 1. The van der Waals surface area contributed by atoms with Crippen LogP contribution in [0.25, 0.3) is 0 Å². The molecule has 1 heterocycles. The van der Waals surface area contributed by atoms with Gasteiger partial charge in [0.1, 0.15) is 6.61 Å². The minimum Gasteiger partial charge on any atom is -0.448 e. The zero-order valence-electron chi connectivity index (χ0n) is 17.1. The number of hydrogen-bond acceptors (Lipinski definition) is 5. The highest BCUT2D eigenvalue weighted by Crippen LogP contribution is 2.44. The van der Waals surface area contributed by atoms with Crippen molar-refractivity contribution in [2.24, 2.45) is 5.41 Å². The second-order valence-corrected chi connectivity index (χ2v) is 10.4.